The van der Waals surface area contributed by atoms with E-state index in [1.54, 1.807) is 6.20 Å². The van der Waals surface area contributed by atoms with Crippen LogP contribution in [0.1, 0.15) is 66.9 Å². The molecule has 4 rings (SSSR count). The zero-order valence-electron chi connectivity index (χ0n) is 13.1. The van der Waals surface area contributed by atoms with Crippen molar-refractivity contribution in [3.8, 4) is 0 Å². The molecule has 0 radical (unpaired) electrons. The van der Waals surface area contributed by atoms with Gasteiger partial charge in [-0.15, -0.1) is 0 Å². The Labute approximate surface area is 131 Å². The van der Waals surface area contributed by atoms with E-state index < -0.39 is 0 Å². The van der Waals surface area contributed by atoms with E-state index >= 15 is 0 Å². The lowest BCUT2D eigenvalue weighted by Gasteiger charge is -2.23. The van der Waals surface area contributed by atoms with Gasteiger partial charge < -0.3 is 10.6 Å². The lowest BCUT2D eigenvalue weighted by Crippen LogP contribution is -2.33. The molecule has 1 amide bonds. The number of hydrogen-bond donors (Lipinski definition) is 2. The van der Waals surface area contributed by atoms with Crippen LogP contribution in [0.25, 0.3) is 0 Å². The molecule has 1 aromatic heterocycles. The van der Waals surface area contributed by atoms with E-state index in [1.807, 2.05) is 4.90 Å². The van der Waals surface area contributed by atoms with E-state index in [4.69, 9.17) is 5.73 Å². The molecule has 2 heterocycles. The number of rotatable bonds is 3. The molecule has 0 bridgehead atoms. The first-order valence-corrected chi connectivity index (χ1v) is 8.82. The lowest BCUT2D eigenvalue weighted by atomic mass is 9.85. The minimum atomic E-state index is 0.132. The van der Waals surface area contributed by atoms with Gasteiger partial charge in [-0.3, -0.25) is 9.89 Å². The summed E-state index contributed by atoms with van der Waals surface area (Å²) in [5.41, 5.74) is 8.12. The number of nitrogens with zero attached hydrogens (tertiary/aromatic N) is 2. The van der Waals surface area contributed by atoms with Gasteiger partial charge in [-0.2, -0.15) is 5.10 Å². The summed E-state index contributed by atoms with van der Waals surface area (Å²) < 4.78 is 0. The summed E-state index contributed by atoms with van der Waals surface area (Å²) in [5.74, 6) is 1.88. The van der Waals surface area contributed by atoms with Gasteiger partial charge in [0.25, 0.3) is 5.91 Å². The SMILES string of the molecule is N[C@H]1CN(C(=O)c2cn[nH]c2C2CCCCC2)C[C@@H]1C1CC1. The maximum Gasteiger partial charge on any atom is 0.257 e. The normalized spacial score (nSPS) is 30.0. The number of carbonyl (C=O) groups is 1. The number of aromatic nitrogens is 2. The molecule has 3 aliphatic rings. The molecule has 1 aromatic rings. The van der Waals surface area contributed by atoms with Crippen molar-refractivity contribution in [3.63, 3.8) is 0 Å². The monoisotopic (exact) mass is 302 g/mol. The summed E-state index contributed by atoms with van der Waals surface area (Å²) in [6.07, 6.45) is 10.5. The van der Waals surface area contributed by atoms with E-state index in [9.17, 15) is 4.79 Å². The minimum Gasteiger partial charge on any atom is -0.337 e. The number of likely N-dealkylation sites (tertiary alicyclic amines) is 1. The fraction of sp³-hybridized carbons (Fsp3) is 0.765. The van der Waals surface area contributed by atoms with Crippen molar-refractivity contribution in [2.75, 3.05) is 13.1 Å². The number of amides is 1. The highest BCUT2D eigenvalue weighted by Gasteiger charge is 2.42. The first kappa shape index (κ1) is 14.2. The van der Waals surface area contributed by atoms with Gasteiger partial charge in [-0.25, -0.2) is 0 Å². The second-order valence-electron chi connectivity index (χ2n) is 7.41. The van der Waals surface area contributed by atoms with Crippen molar-refractivity contribution < 1.29 is 4.79 Å². The van der Waals surface area contributed by atoms with Gasteiger partial charge in [0.1, 0.15) is 0 Å². The summed E-state index contributed by atoms with van der Waals surface area (Å²) in [7, 11) is 0. The average Bonchev–Trinajstić information content (AvgIpc) is 3.13. The van der Waals surface area contributed by atoms with Gasteiger partial charge in [0, 0.05) is 25.0 Å². The fourth-order valence-corrected chi connectivity index (χ4v) is 4.38. The Kier molecular flexibility index (Phi) is 3.68. The predicted octanol–water partition coefficient (Wildman–Crippen LogP) is 2.27. The maximum atomic E-state index is 12.9. The highest BCUT2D eigenvalue weighted by atomic mass is 16.2. The van der Waals surface area contributed by atoms with Gasteiger partial charge in [-0.05, 0) is 37.5 Å². The van der Waals surface area contributed by atoms with Crippen molar-refractivity contribution in [1.29, 1.82) is 0 Å². The lowest BCUT2D eigenvalue weighted by molar-refractivity contribution is 0.0783. The van der Waals surface area contributed by atoms with Crippen LogP contribution in [0, 0.1) is 11.8 Å². The average molecular weight is 302 g/mol. The Hall–Kier alpha value is -1.36. The molecule has 5 nitrogen and oxygen atoms in total. The third kappa shape index (κ3) is 2.56. The van der Waals surface area contributed by atoms with Gasteiger partial charge >= 0.3 is 0 Å². The van der Waals surface area contributed by atoms with Gasteiger partial charge in [-0.1, -0.05) is 19.3 Å². The number of nitrogens with one attached hydrogen (secondary N) is 1. The number of hydrogen-bond acceptors (Lipinski definition) is 3. The second kappa shape index (κ2) is 5.69. The van der Waals surface area contributed by atoms with E-state index in [0.29, 0.717) is 18.4 Å². The Morgan fingerprint density at radius 2 is 1.95 bits per heavy atom. The predicted molar refractivity (Wildman–Crippen MR) is 84.5 cm³/mol. The molecule has 5 heteroatoms. The van der Waals surface area contributed by atoms with Crippen molar-refractivity contribution in [2.24, 2.45) is 17.6 Å². The van der Waals surface area contributed by atoms with Gasteiger partial charge in [0.2, 0.25) is 0 Å². The van der Waals surface area contributed by atoms with Crippen molar-refractivity contribution in [3.05, 3.63) is 17.5 Å². The summed E-state index contributed by atoms with van der Waals surface area (Å²) in [6.45, 7) is 1.54. The molecular weight excluding hydrogens is 276 g/mol. The number of H-pyrrole nitrogens is 1. The molecule has 2 saturated carbocycles. The van der Waals surface area contributed by atoms with Gasteiger partial charge in [0.05, 0.1) is 17.5 Å². The highest BCUT2D eigenvalue weighted by Crippen LogP contribution is 2.41. The van der Waals surface area contributed by atoms with Crippen LogP contribution in [0.15, 0.2) is 6.20 Å². The molecule has 1 saturated heterocycles. The van der Waals surface area contributed by atoms with Crippen LogP contribution < -0.4 is 5.73 Å². The summed E-state index contributed by atoms with van der Waals surface area (Å²) >= 11 is 0. The highest BCUT2D eigenvalue weighted by molar-refractivity contribution is 5.95. The largest absolute Gasteiger partial charge is 0.337 e. The van der Waals surface area contributed by atoms with Crippen LogP contribution in [-0.4, -0.2) is 40.1 Å². The molecular formula is C17H26N4O. The van der Waals surface area contributed by atoms with E-state index in [0.717, 1.165) is 23.7 Å². The Morgan fingerprint density at radius 3 is 2.68 bits per heavy atom. The van der Waals surface area contributed by atoms with E-state index in [2.05, 4.69) is 10.2 Å². The molecule has 0 aromatic carbocycles. The zero-order chi connectivity index (χ0) is 15.1. The Morgan fingerprint density at radius 1 is 1.18 bits per heavy atom. The summed E-state index contributed by atoms with van der Waals surface area (Å²) in [4.78, 5) is 14.9. The number of carbonyl (C=O) groups excluding carboxylic acids is 1. The van der Waals surface area contributed by atoms with Crippen LogP contribution in [0.2, 0.25) is 0 Å². The van der Waals surface area contributed by atoms with Crippen molar-refractivity contribution in [1.82, 2.24) is 15.1 Å². The molecule has 1 aliphatic heterocycles. The molecule has 0 spiro atoms. The van der Waals surface area contributed by atoms with Crippen LogP contribution >= 0.6 is 0 Å². The molecule has 22 heavy (non-hydrogen) atoms. The third-order valence-corrected chi connectivity index (χ3v) is 5.84. The summed E-state index contributed by atoms with van der Waals surface area (Å²) in [5, 5.41) is 7.28. The minimum absolute atomic E-state index is 0.132. The van der Waals surface area contributed by atoms with Crippen LogP contribution in [-0.2, 0) is 0 Å². The first-order chi connectivity index (χ1) is 10.7. The zero-order valence-corrected chi connectivity index (χ0v) is 13.1. The smallest absolute Gasteiger partial charge is 0.257 e. The molecule has 2 atom stereocenters. The van der Waals surface area contributed by atoms with Gasteiger partial charge in [0.15, 0.2) is 0 Å². The third-order valence-electron chi connectivity index (χ3n) is 5.84. The van der Waals surface area contributed by atoms with Crippen LogP contribution in [0.5, 0.6) is 0 Å². The van der Waals surface area contributed by atoms with Crippen molar-refractivity contribution >= 4 is 5.91 Å². The molecule has 2 aliphatic carbocycles. The first-order valence-electron chi connectivity index (χ1n) is 8.82. The van der Waals surface area contributed by atoms with E-state index in [-0.39, 0.29) is 11.9 Å². The Bertz CT molecular complexity index is 545. The fourth-order valence-electron chi connectivity index (χ4n) is 4.38. The molecule has 0 unspecified atom stereocenters. The topological polar surface area (TPSA) is 75.0 Å². The maximum absolute atomic E-state index is 12.9. The van der Waals surface area contributed by atoms with E-state index in [1.165, 1.54) is 44.9 Å². The quantitative estimate of drug-likeness (QED) is 0.899. The standard InChI is InChI=1S/C17H26N4O/c18-15-10-21(9-14(15)11-6-7-11)17(22)13-8-19-20-16(13)12-4-2-1-3-5-12/h8,11-12,14-15H,1-7,9-10,18H2,(H,19,20)/t14-,15+/m1/s1. The Balaban J connectivity index is 1.50. The molecule has 3 N–H and O–H groups in total. The number of nitrogens with two attached hydrogens (primary N) is 1. The van der Waals surface area contributed by atoms with Crippen LogP contribution in [0.3, 0.4) is 0 Å². The molecule has 120 valence electrons. The summed E-state index contributed by atoms with van der Waals surface area (Å²) in [6, 6.07) is 0.154. The van der Waals surface area contributed by atoms with Crippen molar-refractivity contribution in [2.45, 2.75) is 56.9 Å². The second-order valence-corrected chi connectivity index (χ2v) is 7.41. The number of aromatic amines is 1. The molecule has 3 fully saturated rings. The van der Waals surface area contributed by atoms with Crippen LogP contribution in [0.4, 0.5) is 0 Å².